The number of benzene rings is 1. The number of methoxy groups -OCH3 is 1. The highest BCUT2D eigenvalue weighted by molar-refractivity contribution is 6.03. The van der Waals surface area contributed by atoms with E-state index in [1.54, 1.807) is 44.4 Å². The van der Waals surface area contributed by atoms with Gasteiger partial charge in [-0.1, -0.05) is 5.16 Å². The van der Waals surface area contributed by atoms with Gasteiger partial charge in [0.25, 0.3) is 5.91 Å². The predicted molar refractivity (Wildman–Crippen MR) is 82.7 cm³/mol. The number of aromatic nitrogens is 1. The normalized spacial score (nSPS) is 12.1. The first-order valence-corrected chi connectivity index (χ1v) is 6.70. The third-order valence-corrected chi connectivity index (χ3v) is 2.77. The number of ether oxygens (including phenoxy) is 1. The van der Waals surface area contributed by atoms with Crippen molar-refractivity contribution < 1.29 is 19.2 Å². The minimum absolute atomic E-state index is 0.207. The van der Waals surface area contributed by atoms with Gasteiger partial charge in [0, 0.05) is 11.8 Å². The summed E-state index contributed by atoms with van der Waals surface area (Å²) in [5.41, 5.74) is 0.309. The van der Waals surface area contributed by atoms with E-state index < -0.39 is 5.91 Å². The van der Waals surface area contributed by atoms with Gasteiger partial charge in [-0.3, -0.25) is 4.79 Å². The van der Waals surface area contributed by atoms with Crippen LogP contribution in [0.3, 0.4) is 0 Å². The zero-order chi connectivity index (χ0) is 16.8. The number of hydrogen-bond donors (Lipinski definition) is 2. The van der Waals surface area contributed by atoms with Crippen LogP contribution in [0.1, 0.15) is 12.7 Å². The molecule has 0 bridgehead atoms. The minimum atomic E-state index is -0.598. The summed E-state index contributed by atoms with van der Waals surface area (Å²) in [6, 6.07) is 8.28. The number of aliphatic hydroxyl groups is 1. The molecule has 0 aliphatic rings. The molecule has 2 aromatic rings. The summed E-state index contributed by atoms with van der Waals surface area (Å²) in [4.78, 5) is 12.2. The van der Waals surface area contributed by atoms with E-state index in [4.69, 9.17) is 9.26 Å². The van der Waals surface area contributed by atoms with Crippen LogP contribution in [0.15, 0.2) is 56.5 Å². The summed E-state index contributed by atoms with van der Waals surface area (Å²) in [5.74, 6) is 0.573. The fourth-order valence-electron chi connectivity index (χ4n) is 1.65. The number of azo groups is 1. The van der Waals surface area contributed by atoms with Gasteiger partial charge in [-0.2, -0.15) is 0 Å². The SMILES string of the molecule is COc1ccc(NC(=O)/C(N=Nc2cc(C)on2)=C(/C)O)cc1. The number of hydrogen-bond acceptors (Lipinski definition) is 7. The molecule has 0 atom stereocenters. The quantitative estimate of drug-likeness (QED) is 0.498. The predicted octanol–water partition coefficient (Wildman–Crippen LogP) is 3.50. The van der Waals surface area contributed by atoms with Crippen molar-refractivity contribution in [2.75, 3.05) is 12.4 Å². The molecule has 0 saturated carbocycles. The number of carbonyl (C=O) groups is 1. The highest BCUT2D eigenvalue weighted by Gasteiger charge is 2.13. The van der Waals surface area contributed by atoms with Crippen molar-refractivity contribution >= 4 is 17.4 Å². The molecule has 120 valence electrons. The Bertz CT molecular complexity index is 743. The van der Waals surface area contributed by atoms with Crippen LogP contribution in [-0.2, 0) is 4.79 Å². The van der Waals surface area contributed by atoms with Crippen molar-refractivity contribution in [1.29, 1.82) is 0 Å². The summed E-state index contributed by atoms with van der Waals surface area (Å²) < 4.78 is 9.88. The molecule has 0 fully saturated rings. The summed E-state index contributed by atoms with van der Waals surface area (Å²) >= 11 is 0. The van der Waals surface area contributed by atoms with Crippen molar-refractivity contribution in [2.24, 2.45) is 10.2 Å². The minimum Gasteiger partial charge on any atom is -0.510 e. The number of amides is 1. The molecule has 1 amide bonds. The molecule has 1 heterocycles. The van der Waals surface area contributed by atoms with Gasteiger partial charge >= 0.3 is 0 Å². The van der Waals surface area contributed by atoms with E-state index in [-0.39, 0.29) is 17.3 Å². The molecule has 8 nitrogen and oxygen atoms in total. The standard InChI is InChI=1S/C15H16N4O4/c1-9-8-13(19-23-9)17-18-14(10(2)20)15(21)16-11-4-6-12(22-3)7-5-11/h4-8,20H,1-3H3,(H,16,21)/b14-10+,18-17?. The maximum atomic E-state index is 12.2. The summed E-state index contributed by atoms with van der Waals surface area (Å²) in [6.07, 6.45) is 0. The topological polar surface area (TPSA) is 109 Å². The second kappa shape index (κ2) is 7.21. The van der Waals surface area contributed by atoms with Crippen LogP contribution in [0.5, 0.6) is 5.75 Å². The van der Waals surface area contributed by atoms with Crippen molar-refractivity contribution in [3.63, 3.8) is 0 Å². The monoisotopic (exact) mass is 316 g/mol. The first kappa shape index (κ1) is 16.2. The first-order chi connectivity index (χ1) is 11.0. The number of anilines is 1. The molecule has 23 heavy (non-hydrogen) atoms. The van der Waals surface area contributed by atoms with Crippen molar-refractivity contribution in [2.45, 2.75) is 13.8 Å². The van der Waals surface area contributed by atoms with E-state index in [0.717, 1.165) is 0 Å². The van der Waals surface area contributed by atoms with Crippen LogP contribution < -0.4 is 10.1 Å². The molecular formula is C15H16N4O4. The Morgan fingerprint density at radius 3 is 2.57 bits per heavy atom. The zero-order valence-corrected chi connectivity index (χ0v) is 12.9. The van der Waals surface area contributed by atoms with E-state index in [1.165, 1.54) is 6.92 Å². The summed E-state index contributed by atoms with van der Waals surface area (Å²) in [7, 11) is 1.55. The van der Waals surface area contributed by atoms with Crippen LogP contribution in [0, 0.1) is 6.92 Å². The van der Waals surface area contributed by atoms with Gasteiger partial charge < -0.3 is 19.7 Å². The highest BCUT2D eigenvalue weighted by atomic mass is 16.5. The maximum absolute atomic E-state index is 12.2. The lowest BCUT2D eigenvalue weighted by Gasteiger charge is -2.06. The number of allylic oxidation sites excluding steroid dienone is 1. The molecule has 1 aromatic heterocycles. The molecule has 0 spiro atoms. The van der Waals surface area contributed by atoms with Crippen molar-refractivity contribution in [3.05, 3.63) is 47.5 Å². The smallest absolute Gasteiger partial charge is 0.279 e. The molecule has 0 radical (unpaired) electrons. The number of nitrogens with one attached hydrogen (secondary N) is 1. The average Bonchev–Trinajstić information content (AvgIpc) is 2.93. The lowest BCUT2D eigenvalue weighted by molar-refractivity contribution is -0.113. The van der Waals surface area contributed by atoms with Crippen LogP contribution in [0.25, 0.3) is 0 Å². The van der Waals surface area contributed by atoms with Crippen molar-refractivity contribution in [1.82, 2.24) is 5.16 Å². The zero-order valence-electron chi connectivity index (χ0n) is 12.9. The van der Waals surface area contributed by atoms with E-state index in [2.05, 4.69) is 20.7 Å². The Hall–Kier alpha value is -3.16. The van der Waals surface area contributed by atoms with Gasteiger partial charge in [-0.15, -0.1) is 10.2 Å². The molecule has 2 N–H and O–H groups in total. The second-order valence-electron chi connectivity index (χ2n) is 4.61. The molecule has 0 unspecified atom stereocenters. The Kier molecular flexibility index (Phi) is 5.08. The van der Waals surface area contributed by atoms with Gasteiger partial charge in [0.15, 0.2) is 5.70 Å². The van der Waals surface area contributed by atoms with Crippen LogP contribution >= 0.6 is 0 Å². The summed E-state index contributed by atoms with van der Waals surface area (Å²) in [6.45, 7) is 3.05. The third kappa shape index (κ3) is 4.40. The van der Waals surface area contributed by atoms with Gasteiger partial charge in [0.05, 0.1) is 7.11 Å². The van der Waals surface area contributed by atoms with E-state index in [0.29, 0.717) is 17.2 Å². The molecule has 1 aromatic carbocycles. The van der Waals surface area contributed by atoms with Crippen LogP contribution in [-0.4, -0.2) is 23.3 Å². The molecule has 0 aliphatic carbocycles. The molecule has 2 rings (SSSR count). The maximum Gasteiger partial charge on any atom is 0.279 e. The number of rotatable bonds is 5. The average molecular weight is 316 g/mol. The van der Waals surface area contributed by atoms with Gasteiger partial charge in [0.2, 0.25) is 5.82 Å². The van der Waals surface area contributed by atoms with E-state index in [9.17, 15) is 9.90 Å². The lowest BCUT2D eigenvalue weighted by Crippen LogP contribution is -2.14. The van der Waals surface area contributed by atoms with E-state index >= 15 is 0 Å². The Morgan fingerprint density at radius 1 is 1.35 bits per heavy atom. The number of nitrogens with zero attached hydrogens (tertiary/aromatic N) is 3. The van der Waals surface area contributed by atoms with Crippen molar-refractivity contribution in [3.8, 4) is 5.75 Å². The van der Waals surface area contributed by atoms with Gasteiger partial charge in [0.1, 0.15) is 17.3 Å². The molecule has 8 heteroatoms. The van der Waals surface area contributed by atoms with Crippen LogP contribution in [0.4, 0.5) is 11.5 Å². The van der Waals surface area contributed by atoms with E-state index in [1.807, 2.05) is 0 Å². The number of aryl methyl sites for hydroxylation is 1. The molecular weight excluding hydrogens is 300 g/mol. The Balaban J connectivity index is 2.12. The first-order valence-electron chi connectivity index (χ1n) is 6.70. The van der Waals surface area contributed by atoms with Gasteiger partial charge in [-0.25, -0.2) is 0 Å². The Morgan fingerprint density at radius 2 is 2.04 bits per heavy atom. The lowest BCUT2D eigenvalue weighted by atomic mass is 10.3. The molecule has 0 saturated heterocycles. The number of carbonyl (C=O) groups excluding carboxylic acids is 1. The summed E-state index contributed by atoms with van der Waals surface area (Å²) in [5, 5.41) is 23.3. The largest absolute Gasteiger partial charge is 0.510 e. The fraction of sp³-hybridized carbons (Fsp3) is 0.200. The van der Waals surface area contributed by atoms with Crippen LogP contribution in [0.2, 0.25) is 0 Å². The number of aliphatic hydroxyl groups excluding tert-OH is 1. The molecule has 0 aliphatic heterocycles. The highest BCUT2D eigenvalue weighted by Crippen LogP contribution is 2.18. The van der Waals surface area contributed by atoms with Gasteiger partial charge in [-0.05, 0) is 38.1 Å². The second-order valence-corrected chi connectivity index (χ2v) is 4.61. The third-order valence-electron chi connectivity index (χ3n) is 2.77. The Labute approximate surface area is 132 Å². The fourth-order valence-corrected chi connectivity index (χ4v) is 1.65.